The number of hydrogen-bond acceptors (Lipinski definition) is 3. The number of halogens is 2. The molecule has 0 radical (unpaired) electrons. The van der Waals surface area contributed by atoms with Gasteiger partial charge in [0.1, 0.15) is 0 Å². The zero-order chi connectivity index (χ0) is 18.7. The molecule has 3 nitrogen and oxygen atoms in total. The average Bonchev–Trinajstić information content (AvgIpc) is 3.05. The van der Waals surface area contributed by atoms with E-state index < -0.39 is 0 Å². The minimum atomic E-state index is 0.0494. The number of likely N-dealkylation sites (N-methyl/N-ethyl adjacent to an activating group) is 1. The highest BCUT2D eigenvalue weighted by Crippen LogP contribution is 2.24. The molecule has 0 unspecified atom stereocenters. The lowest BCUT2D eigenvalue weighted by Gasteiger charge is -2.18. The highest BCUT2D eigenvalue weighted by molar-refractivity contribution is 7.09. The van der Waals surface area contributed by atoms with Crippen molar-refractivity contribution in [2.24, 2.45) is 0 Å². The average molecular weight is 405 g/mol. The Labute approximate surface area is 167 Å². The summed E-state index contributed by atoms with van der Waals surface area (Å²) < 4.78 is 0. The van der Waals surface area contributed by atoms with Crippen LogP contribution in [0.1, 0.15) is 16.1 Å². The molecular formula is C20H18Cl2N2OS. The zero-order valence-corrected chi connectivity index (χ0v) is 16.8. The SMILES string of the molecule is Cc1nc(-c2ccc(CC(=O)N(C)Cc3ccc(Cl)c(Cl)c3)cc2)cs1. The second-order valence-corrected chi connectivity index (χ2v) is 8.00. The molecule has 0 aliphatic heterocycles. The van der Waals surface area contributed by atoms with Crippen LogP contribution in [0.4, 0.5) is 0 Å². The first-order valence-electron chi connectivity index (χ1n) is 8.11. The molecule has 0 bridgehead atoms. The minimum absolute atomic E-state index is 0.0494. The molecule has 6 heteroatoms. The van der Waals surface area contributed by atoms with E-state index in [1.165, 1.54) is 0 Å². The summed E-state index contributed by atoms with van der Waals surface area (Å²) in [5, 5.41) is 4.10. The molecule has 3 aromatic rings. The largest absolute Gasteiger partial charge is 0.341 e. The molecule has 0 aliphatic carbocycles. The molecule has 2 aromatic carbocycles. The Kier molecular flexibility index (Phi) is 5.97. The Morgan fingerprint density at radius 2 is 1.77 bits per heavy atom. The van der Waals surface area contributed by atoms with Crippen LogP contribution in [0.25, 0.3) is 11.3 Å². The van der Waals surface area contributed by atoms with Crippen molar-refractivity contribution in [1.82, 2.24) is 9.88 Å². The summed E-state index contributed by atoms with van der Waals surface area (Å²) in [4.78, 5) is 18.7. The predicted octanol–water partition coefficient (Wildman–Crippen LogP) is 5.63. The Hall–Kier alpha value is -1.88. The van der Waals surface area contributed by atoms with Gasteiger partial charge in [-0.15, -0.1) is 11.3 Å². The maximum atomic E-state index is 12.5. The van der Waals surface area contributed by atoms with Crippen molar-refractivity contribution in [1.29, 1.82) is 0 Å². The Bertz CT molecular complexity index is 922. The molecular weight excluding hydrogens is 387 g/mol. The molecule has 0 aliphatic rings. The highest BCUT2D eigenvalue weighted by Gasteiger charge is 2.12. The smallest absolute Gasteiger partial charge is 0.227 e. The number of thiazole rings is 1. The summed E-state index contributed by atoms with van der Waals surface area (Å²) >= 11 is 13.6. The maximum absolute atomic E-state index is 12.5. The molecule has 26 heavy (non-hydrogen) atoms. The van der Waals surface area contributed by atoms with E-state index >= 15 is 0 Å². The van der Waals surface area contributed by atoms with E-state index in [0.29, 0.717) is 23.0 Å². The quantitative estimate of drug-likeness (QED) is 0.552. The van der Waals surface area contributed by atoms with Gasteiger partial charge in [0.15, 0.2) is 0 Å². The lowest BCUT2D eigenvalue weighted by Crippen LogP contribution is -2.27. The standard InChI is InChI=1S/C20H18Cl2N2OS/c1-13-23-19(12-26-13)16-6-3-14(4-7-16)10-20(25)24(2)11-15-5-8-17(21)18(22)9-15/h3-9,12H,10-11H2,1-2H3. The van der Waals surface area contributed by atoms with Crippen LogP contribution in [-0.4, -0.2) is 22.8 Å². The molecule has 1 amide bonds. The first kappa shape index (κ1) is 18.9. The van der Waals surface area contributed by atoms with Gasteiger partial charge in [-0.25, -0.2) is 4.98 Å². The summed E-state index contributed by atoms with van der Waals surface area (Å²) in [6.07, 6.45) is 0.355. The van der Waals surface area contributed by atoms with Crippen molar-refractivity contribution in [2.45, 2.75) is 19.9 Å². The molecule has 134 valence electrons. The first-order chi connectivity index (χ1) is 12.4. The van der Waals surface area contributed by atoms with Gasteiger partial charge in [0.05, 0.1) is 27.2 Å². The number of carbonyl (C=O) groups excluding carboxylic acids is 1. The van der Waals surface area contributed by atoms with Crippen molar-refractivity contribution in [3.8, 4) is 11.3 Å². The number of rotatable bonds is 5. The van der Waals surface area contributed by atoms with Crippen LogP contribution in [0, 0.1) is 6.92 Å². The number of benzene rings is 2. The van der Waals surface area contributed by atoms with Crippen LogP contribution < -0.4 is 0 Å². The van der Waals surface area contributed by atoms with E-state index in [2.05, 4.69) is 4.98 Å². The second kappa shape index (κ2) is 8.21. The third-order valence-corrected chi connectivity index (χ3v) is 5.57. The number of aryl methyl sites for hydroxylation is 1. The summed E-state index contributed by atoms with van der Waals surface area (Å²) in [5.74, 6) is 0.0494. The van der Waals surface area contributed by atoms with E-state index in [1.807, 2.05) is 42.6 Å². The van der Waals surface area contributed by atoms with Crippen molar-refractivity contribution >= 4 is 40.4 Å². The molecule has 3 rings (SSSR count). The molecule has 0 fully saturated rings. The second-order valence-electron chi connectivity index (χ2n) is 6.12. The van der Waals surface area contributed by atoms with E-state index in [1.54, 1.807) is 35.4 Å². The zero-order valence-electron chi connectivity index (χ0n) is 14.5. The van der Waals surface area contributed by atoms with E-state index in [-0.39, 0.29) is 5.91 Å². The van der Waals surface area contributed by atoms with Crippen LogP contribution in [0.5, 0.6) is 0 Å². The topological polar surface area (TPSA) is 33.2 Å². The molecule has 0 saturated carbocycles. The first-order valence-corrected chi connectivity index (χ1v) is 9.75. The van der Waals surface area contributed by atoms with Gasteiger partial charge in [-0.3, -0.25) is 4.79 Å². The van der Waals surface area contributed by atoms with Crippen LogP contribution in [0.3, 0.4) is 0 Å². The number of hydrogen-bond donors (Lipinski definition) is 0. The van der Waals surface area contributed by atoms with Gasteiger partial charge in [-0.2, -0.15) is 0 Å². The number of nitrogens with zero attached hydrogens (tertiary/aromatic N) is 2. The molecule has 1 heterocycles. The Morgan fingerprint density at radius 3 is 2.38 bits per heavy atom. The normalized spacial score (nSPS) is 10.8. The summed E-state index contributed by atoms with van der Waals surface area (Å²) in [6, 6.07) is 13.4. The van der Waals surface area contributed by atoms with Crippen molar-refractivity contribution in [2.75, 3.05) is 7.05 Å². The number of amides is 1. The van der Waals surface area contributed by atoms with E-state index in [4.69, 9.17) is 23.2 Å². The summed E-state index contributed by atoms with van der Waals surface area (Å²) in [6.45, 7) is 2.48. The van der Waals surface area contributed by atoms with Gasteiger partial charge >= 0.3 is 0 Å². The van der Waals surface area contributed by atoms with Crippen molar-refractivity contribution in [3.05, 3.63) is 74.0 Å². The number of aromatic nitrogens is 1. The van der Waals surface area contributed by atoms with Crippen LogP contribution in [0.15, 0.2) is 47.8 Å². The molecule has 0 atom stereocenters. The molecule has 0 saturated heterocycles. The Morgan fingerprint density at radius 1 is 1.08 bits per heavy atom. The van der Waals surface area contributed by atoms with Crippen LogP contribution in [-0.2, 0) is 17.8 Å². The van der Waals surface area contributed by atoms with E-state index in [9.17, 15) is 4.79 Å². The van der Waals surface area contributed by atoms with Gasteiger partial charge in [0.2, 0.25) is 5.91 Å². The molecule has 1 aromatic heterocycles. The predicted molar refractivity (Wildman–Crippen MR) is 109 cm³/mol. The third-order valence-electron chi connectivity index (χ3n) is 4.05. The fourth-order valence-corrected chi connectivity index (χ4v) is 3.54. The minimum Gasteiger partial charge on any atom is -0.341 e. The monoisotopic (exact) mass is 404 g/mol. The maximum Gasteiger partial charge on any atom is 0.227 e. The molecule has 0 spiro atoms. The van der Waals surface area contributed by atoms with Gasteiger partial charge in [0.25, 0.3) is 0 Å². The van der Waals surface area contributed by atoms with Crippen molar-refractivity contribution < 1.29 is 4.79 Å². The fraction of sp³-hybridized carbons (Fsp3) is 0.200. The van der Waals surface area contributed by atoms with E-state index in [0.717, 1.165) is 27.4 Å². The fourth-order valence-electron chi connectivity index (χ4n) is 2.60. The Balaban J connectivity index is 1.62. The third kappa shape index (κ3) is 4.64. The lowest BCUT2D eigenvalue weighted by atomic mass is 10.1. The van der Waals surface area contributed by atoms with Crippen molar-refractivity contribution in [3.63, 3.8) is 0 Å². The van der Waals surface area contributed by atoms with Gasteiger partial charge in [0, 0.05) is 24.5 Å². The summed E-state index contributed by atoms with van der Waals surface area (Å²) in [5.41, 5.74) is 3.97. The molecule has 0 N–H and O–H groups in total. The van der Waals surface area contributed by atoms with Crippen LogP contribution >= 0.6 is 34.5 Å². The van der Waals surface area contributed by atoms with Gasteiger partial charge in [-0.05, 0) is 30.2 Å². The number of carbonyl (C=O) groups is 1. The van der Waals surface area contributed by atoms with Gasteiger partial charge in [-0.1, -0.05) is 53.5 Å². The van der Waals surface area contributed by atoms with Gasteiger partial charge < -0.3 is 4.90 Å². The lowest BCUT2D eigenvalue weighted by molar-refractivity contribution is -0.129. The summed E-state index contributed by atoms with van der Waals surface area (Å²) in [7, 11) is 1.79. The highest BCUT2D eigenvalue weighted by atomic mass is 35.5. The van der Waals surface area contributed by atoms with Crippen LogP contribution in [0.2, 0.25) is 10.0 Å².